The van der Waals surface area contributed by atoms with Crippen molar-refractivity contribution in [1.29, 1.82) is 0 Å². The highest BCUT2D eigenvalue weighted by atomic mass is 32.2. The molecule has 0 amide bonds. The third-order valence-corrected chi connectivity index (χ3v) is 3.66. The zero-order valence-corrected chi connectivity index (χ0v) is 11.0. The molecule has 0 fully saturated rings. The Morgan fingerprint density at radius 3 is 2.81 bits per heavy atom. The number of nitrogens with zero attached hydrogens (tertiary/aromatic N) is 2. The van der Waals surface area contributed by atoms with Gasteiger partial charge in [0.1, 0.15) is 4.32 Å². The molecular formula is C10H15N3OS2. The molecule has 1 rings (SSSR count). The molecule has 0 saturated heterocycles. The predicted octanol–water partition coefficient (Wildman–Crippen LogP) is 1.63. The van der Waals surface area contributed by atoms with Crippen LogP contribution in [0.5, 0.6) is 0 Å². The average Bonchev–Trinajstić information content (AvgIpc) is 2.28. The predicted molar refractivity (Wildman–Crippen MR) is 71.7 cm³/mol. The van der Waals surface area contributed by atoms with Crippen molar-refractivity contribution in [3.8, 4) is 0 Å². The number of rotatable bonds is 4. The Labute approximate surface area is 104 Å². The van der Waals surface area contributed by atoms with E-state index in [0.29, 0.717) is 5.75 Å². The summed E-state index contributed by atoms with van der Waals surface area (Å²) < 4.78 is 0.854. The van der Waals surface area contributed by atoms with Crippen LogP contribution in [0.2, 0.25) is 0 Å². The second-order valence-electron chi connectivity index (χ2n) is 3.13. The molecule has 0 aliphatic heterocycles. The summed E-state index contributed by atoms with van der Waals surface area (Å²) in [6, 6.07) is 1.50. The van der Waals surface area contributed by atoms with Crippen LogP contribution in [0.4, 0.5) is 0 Å². The summed E-state index contributed by atoms with van der Waals surface area (Å²) in [7, 11) is 0. The van der Waals surface area contributed by atoms with E-state index in [1.807, 2.05) is 0 Å². The van der Waals surface area contributed by atoms with Gasteiger partial charge in [0.2, 0.25) is 0 Å². The van der Waals surface area contributed by atoms with Gasteiger partial charge in [0.05, 0.1) is 12.0 Å². The maximum Gasteiger partial charge on any atom is 0.250 e. The van der Waals surface area contributed by atoms with E-state index in [2.05, 4.69) is 28.7 Å². The van der Waals surface area contributed by atoms with Crippen molar-refractivity contribution in [1.82, 2.24) is 14.9 Å². The molecule has 6 heteroatoms. The second kappa shape index (κ2) is 6.65. The highest BCUT2D eigenvalue weighted by Crippen LogP contribution is 2.13. The second-order valence-corrected chi connectivity index (χ2v) is 4.74. The van der Waals surface area contributed by atoms with E-state index in [1.165, 1.54) is 24.2 Å². The zero-order chi connectivity index (χ0) is 12.0. The van der Waals surface area contributed by atoms with Crippen molar-refractivity contribution in [2.45, 2.75) is 19.6 Å². The lowest BCUT2D eigenvalue weighted by atomic mass is 10.5. The van der Waals surface area contributed by atoms with Gasteiger partial charge in [0.25, 0.3) is 5.56 Å². The molecule has 0 radical (unpaired) electrons. The molecule has 0 aliphatic carbocycles. The fraction of sp³-hybridized carbons (Fsp3) is 0.500. The van der Waals surface area contributed by atoms with Crippen molar-refractivity contribution in [3.63, 3.8) is 0 Å². The van der Waals surface area contributed by atoms with Crippen LogP contribution in [0.3, 0.4) is 0 Å². The topological polar surface area (TPSA) is 49.0 Å². The number of thiocarbonyl (C=S) groups is 1. The van der Waals surface area contributed by atoms with Gasteiger partial charge in [-0.15, -0.1) is 0 Å². The maximum absolute atomic E-state index is 11.0. The Morgan fingerprint density at radius 1 is 1.56 bits per heavy atom. The van der Waals surface area contributed by atoms with E-state index in [9.17, 15) is 4.79 Å². The Kier molecular flexibility index (Phi) is 5.48. The highest BCUT2D eigenvalue weighted by Gasteiger charge is 2.06. The number of thioether (sulfide) groups is 1. The van der Waals surface area contributed by atoms with Crippen molar-refractivity contribution >= 4 is 28.3 Å². The molecule has 0 spiro atoms. The van der Waals surface area contributed by atoms with Crippen molar-refractivity contribution in [3.05, 3.63) is 28.4 Å². The van der Waals surface area contributed by atoms with Crippen LogP contribution in [-0.4, -0.2) is 32.3 Å². The number of hydrogen-bond donors (Lipinski definition) is 1. The van der Waals surface area contributed by atoms with E-state index < -0.39 is 0 Å². The van der Waals surface area contributed by atoms with E-state index in [4.69, 9.17) is 12.2 Å². The molecule has 1 N–H and O–H groups in total. The highest BCUT2D eigenvalue weighted by molar-refractivity contribution is 8.22. The summed E-state index contributed by atoms with van der Waals surface area (Å²) in [6.45, 7) is 5.96. The number of nitrogens with one attached hydrogen (secondary N) is 1. The van der Waals surface area contributed by atoms with Crippen molar-refractivity contribution in [2.75, 3.05) is 13.1 Å². The minimum absolute atomic E-state index is 0.126. The van der Waals surface area contributed by atoms with E-state index >= 15 is 0 Å². The van der Waals surface area contributed by atoms with Gasteiger partial charge in [-0.05, 0) is 13.8 Å². The van der Waals surface area contributed by atoms with Crippen LogP contribution in [0, 0.1) is 0 Å². The minimum atomic E-state index is -0.126. The standard InChI is InChI=1S/C10H15N3OS2/c1-3-13(4-2)10(15)16-6-8-5-9(14)12-7-11-8/h5,7H,3-4,6H2,1-2H3,(H,11,12,14). The lowest BCUT2D eigenvalue weighted by Crippen LogP contribution is -2.26. The molecule has 88 valence electrons. The molecule has 0 unspecified atom stereocenters. The monoisotopic (exact) mass is 257 g/mol. The van der Waals surface area contributed by atoms with Gasteiger partial charge in [-0.2, -0.15) is 0 Å². The SMILES string of the molecule is CCN(CC)C(=S)SCc1cc(=O)[nH]cn1. The Morgan fingerprint density at radius 2 is 2.25 bits per heavy atom. The van der Waals surface area contributed by atoms with Crippen LogP contribution in [-0.2, 0) is 5.75 Å². The largest absolute Gasteiger partial charge is 0.358 e. The van der Waals surface area contributed by atoms with Crippen molar-refractivity contribution < 1.29 is 0 Å². The lowest BCUT2D eigenvalue weighted by molar-refractivity contribution is 0.482. The molecule has 4 nitrogen and oxygen atoms in total. The first-order chi connectivity index (χ1) is 7.67. The van der Waals surface area contributed by atoms with Gasteiger partial charge in [-0.3, -0.25) is 4.79 Å². The molecule has 0 atom stereocenters. The summed E-state index contributed by atoms with van der Waals surface area (Å²) >= 11 is 6.82. The van der Waals surface area contributed by atoms with Crippen LogP contribution >= 0.6 is 24.0 Å². The fourth-order valence-electron chi connectivity index (χ4n) is 1.20. The molecule has 16 heavy (non-hydrogen) atoms. The first kappa shape index (κ1) is 13.2. The number of aromatic amines is 1. The maximum atomic E-state index is 11.0. The van der Waals surface area contributed by atoms with Gasteiger partial charge in [0, 0.05) is 24.9 Å². The van der Waals surface area contributed by atoms with Crippen LogP contribution in [0.1, 0.15) is 19.5 Å². The van der Waals surface area contributed by atoms with Gasteiger partial charge < -0.3 is 9.88 Å². The smallest absolute Gasteiger partial charge is 0.250 e. The van der Waals surface area contributed by atoms with Gasteiger partial charge in [0.15, 0.2) is 0 Å². The number of hydrogen-bond acceptors (Lipinski definition) is 4. The van der Waals surface area contributed by atoms with Gasteiger partial charge in [-0.1, -0.05) is 24.0 Å². The molecule has 0 aliphatic rings. The third-order valence-electron chi connectivity index (χ3n) is 2.10. The van der Waals surface area contributed by atoms with Gasteiger partial charge in [-0.25, -0.2) is 4.98 Å². The molecule has 0 bridgehead atoms. The molecule has 0 aromatic carbocycles. The van der Waals surface area contributed by atoms with Crippen molar-refractivity contribution in [2.24, 2.45) is 0 Å². The molecular weight excluding hydrogens is 242 g/mol. The molecule has 1 heterocycles. The van der Waals surface area contributed by atoms with Gasteiger partial charge >= 0.3 is 0 Å². The molecule has 1 aromatic rings. The number of aromatic nitrogens is 2. The summed E-state index contributed by atoms with van der Waals surface area (Å²) in [5.74, 6) is 0.638. The average molecular weight is 257 g/mol. The Bertz CT molecular complexity index is 401. The first-order valence-electron chi connectivity index (χ1n) is 5.12. The van der Waals surface area contributed by atoms with Crippen LogP contribution < -0.4 is 5.56 Å². The molecule has 0 saturated carbocycles. The summed E-state index contributed by atoms with van der Waals surface area (Å²) in [5, 5.41) is 0. The normalized spacial score (nSPS) is 10.1. The Balaban J connectivity index is 2.51. The fourth-order valence-corrected chi connectivity index (χ4v) is 2.50. The quantitative estimate of drug-likeness (QED) is 0.831. The van der Waals surface area contributed by atoms with E-state index in [0.717, 1.165) is 23.1 Å². The Hall–Kier alpha value is -0.880. The summed E-state index contributed by atoms with van der Waals surface area (Å²) in [4.78, 5) is 19.7. The molecule has 1 aromatic heterocycles. The summed E-state index contributed by atoms with van der Waals surface area (Å²) in [6.07, 6.45) is 1.42. The summed E-state index contributed by atoms with van der Waals surface area (Å²) in [5.41, 5.74) is 0.627. The van der Waals surface area contributed by atoms with Crippen LogP contribution in [0.15, 0.2) is 17.2 Å². The van der Waals surface area contributed by atoms with E-state index in [1.54, 1.807) is 0 Å². The zero-order valence-electron chi connectivity index (χ0n) is 9.40. The lowest BCUT2D eigenvalue weighted by Gasteiger charge is -2.20. The minimum Gasteiger partial charge on any atom is -0.358 e. The van der Waals surface area contributed by atoms with Crippen LogP contribution in [0.25, 0.3) is 0 Å². The third kappa shape index (κ3) is 3.94. The van der Waals surface area contributed by atoms with E-state index in [-0.39, 0.29) is 5.56 Å². The first-order valence-corrected chi connectivity index (χ1v) is 6.52. The number of H-pyrrole nitrogens is 1.